The molecule has 0 aromatic rings. The molecule has 2 aliphatic heterocycles. The van der Waals surface area contributed by atoms with Crippen LogP contribution in [0.4, 0.5) is 0 Å². The summed E-state index contributed by atoms with van der Waals surface area (Å²) in [5, 5.41) is 3.33. The predicted molar refractivity (Wildman–Crippen MR) is 72.4 cm³/mol. The number of likely N-dealkylation sites (tertiary alicyclic amines) is 1. The van der Waals surface area contributed by atoms with Crippen LogP contribution >= 0.6 is 12.4 Å². The van der Waals surface area contributed by atoms with Gasteiger partial charge in [-0.05, 0) is 43.7 Å². The van der Waals surface area contributed by atoms with Crippen LogP contribution in [0.1, 0.15) is 33.1 Å². The van der Waals surface area contributed by atoms with Gasteiger partial charge in [0.25, 0.3) is 0 Å². The van der Waals surface area contributed by atoms with E-state index in [1.807, 2.05) is 0 Å². The Morgan fingerprint density at radius 3 is 2.47 bits per heavy atom. The van der Waals surface area contributed by atoms with Crippen LogP contribution in [-0.4, -0.2) is 37.0 Å². The molecule has 0 saturated carbocycles. The smallest absolute Gasteiger partial charge is 0.222 e. The molecule has 0 spiro atoms. The molecular formula is C13H25ClN2O. The minimum Gasteiger partial charge on any atom is -0.342 e. The van der Waals surface area contributed by atoms with Gasteiger partial charge in [0, 0.05) is 19.5 Å². The molecule has 2 aliphatic rings. The molecule has 2 heterocycles. The second-order valence-corrected chi connectivity index (χ2v) is 5.81. The summed E-state index contributed by atoms with van der Waals surface area (Å²) in [6.07, 6.45) is 3.20. The number of piperidine rings is 1. The summed E-state index contributed by atoms with van der Waals surface area (Å²) in [6.45, 7) is 8.59. The molecule has 0 aromatic carbocycles. The molecule has 17 heavy (non-hydrogen) atoms. The van der Waals surface area contributed by atoms with Crippen molar-refractivity contribution in [2.45, 2.75) is 33.1 Å². The Morgan fingerprint density at radius 2 is 1.94 bits per heavy atom. The van der Waals surface area contributed by atoms with Gasteiger partial charge in [-0.15, -0.1) is 12.4 Å². The zero-order valence-electron chi connectivity index (χ0n) is 10.9. The first-order valence-electron chi connectivity index (χ1n) is 6.63. The van der Waals surface area contributed by atoms with Crippen LogP contribution in [0.25, 0.3) is 0 Å². The van der Waals surface area contributed by atoms with Gasteiger partial charge in [0.05, 0.1) is 0 Å². The van der Waals surface area contributed by atoms with Crippen LogP contribution in [0.2, 0.25) is 0 Å². The van der Waals surface area contributed by atoms with Gasteiger partial charge in [0.1, 0.15) is 0 Å². The van der Waals surface area contributed by atoms with E-state index in [2.05, 4.69) is 24.1 Å². The minimum atomic E-state index is 0. The standard InChI is InChI=1S/C13H24N2O.ClH/c1-10-5-11(2)9-15(8-10)13(16)6-12-3-4-14-7-12;/h10-12,14H,3-9H2,1-2H3;1H. The maximum Gasteiger partial charge on any atom is 0.222 e. The van der Waals surface area contributed by atoms with E-state index in [4.69, 9.17) is 0 Å². The number of nitrogens with one attached hydrogen (secondary N) is 1. The van der Waals surface area contributed by atoms with Crippen LogP contribution < -0.4 is 5.32 Å². The molecule has 1 N–H and O–H groups in total. The van der Waals surface area contributed by atoms with Gasteiger partial charge in [-0.1, -0.05) is 13.8 Å². The Bertz CT molecular complexity index is 244. The van der Waals surface area contributed by atoms with Crippen molar-refractivity contribution in [3.05, 3.63) is 0 Å². The van der Waals surface area contributed by atoms with E-state index in [0.717, 1.165) is 32.6 Å². The maximum atomic E-state index is 12.1. The number of rotatable bonds is 2. The SMILES string of the molecule is CC1CC(C)CN(C(=O)CC2CCNC2)C1.Cl. The van der Waals surface area contributed by atoms with E-state index in [-0.39, 0.29) is 12.4 Å². The fourth-order valence-corrected chi connectivity index (χ4v) is 3.13. The highest BCUT2D eigenvalue weighted by atomic mass is 35.5. The molecule has 2 rings (SSSR count). The number of hydrogen-bond donors (Lipinski definition) is 1. The lowest BCUT2D eigenvalue weighted by Gasteiger charge is -2.35. The summed E-state index contributed by atoms with van der Waals surface area (Å²) in [5.41, 5.74) is 0. The number of carbonyl (C=O) groups is 1. The molecular weight excluding hydrogens is 236 g/mol. The second kappa shape index (κ2) is 6.60. The first kappa shape index (κ1) is 14.8. The van der Waals surface area contributed by atoms with E-state index in [9.17, 15) is 4.79 Å². The van der Waals surface area contributed by atoms with Crippen molar-refractivity contribution in [3.8, 4) is 0 Å². The fraction of sp³-hybridized carbons (Fsp3) is 0.923. The summed E-state index contributed by atoms with van der Waals surface area (Å²) in [4.78, 5) is 14.2. The van der Waals surface area contributed by atoms with Crippen molar-refractivity contribution >= 4 is 18.3 Å². The fourth-order valence-electron chi connectivity index (χ4n) is 3.13. The zero-order valence-corrected chi connectivity index (χ0v) is 11.8. The highest BCUT2D eigenvalue weighted by Crippen LogP contribution is 2.23. The monoisotopic (exact) mass is 260 g/mol. The molecule has 4 heteroatoms. The molecule has 0 bridgehead atoms. The highest BCUT2D eigenvalue weighted by molar-refractivity contribution is 5.85. The molecule has 0 radical (unpaired) electrons. The second-order valence-electron chi connectivity index (χ2n) is 5.81. The lowest BCUT2D eigenvalue weighted by Crippen LogP contribution is -2.43. The van der Waals surface area contributed by atoms with Gasteiger partial charge in [0.2, 0.25) is 5.91 Å². The molecule has 3 atom stereocenters. The van der Waals surface area contributed by atoms with Gasteiger partial charge in [-0.3, -0.25) is 4.79 Å². The van der Waals surface area contributed by atoms with Crippen LogP contribution in [0.5, 0.6) is 0 Å². The summed E-state index contributed by atoms with van der Waals surface area (Å²) >= 11 is 0. The number of halogens is 1. The van der Waals surface area contributed by atoms with E-state index < -0.39 is 0 Å². The number of hydrogen-bond acceptors (Lipinski definition) is 2. The minimum absolute atomic E-state index is 0. The lowest BCUT2D eigenvalue weighted by molar-refractivity contribution is -0.134. The van der Waals surface area contributed by atoms with Gasteiger partial charge in [-0.25, -0.2) is 0 Å². The Labute approximate surface area is 111 Å². The maximum absolute atomic E-state index is 12.1. The van der Waals surface area contributed by atoms with Crippen LogP contribution in [-0.2, 0) is 4.79 Å². The number of amides is 1. The van der Waals surface area contributed by atoms with Crippen molar-refractivity contribution < 1.29 is 4.79 Å². The third-order valence-corrected chi connectivity index (χ3v) is 3.85. The Morgan fingerprint density at radius 1 is 1.29 bits per heavy atom. The Kier molecular flexibility index (Phi) is 5.74. The first-order chi connectivity index (χ1) is 7.65. The molecule has 0 aliphatic carbocycles. The van der Waals surface area contributed by atoms with Gasteiger partial charge < -0.3 is 10.2 Å². The van der Waals surface area contributed by atoms with Gasteiger partial charge in [-0.2, -0.15) is 0 Å². The quantitative estimate of drug-likeness (QED) is 0.823. The summed E-state index contributed by atoms with van der Waals surface area (Å²) in [5.74, 6) is 2.32. The number of nitrogens with zero attached hydrogens (tertiary/aromatic N) is 1. The third kappa shape index (κ3) is 4.14. The van der Waals surface area contributed by atoms with Crippen LogP contribution in [0.15, 0.2) is 0 Å². The van der Waals surface area contributed by atoms with Crippen LogP contribution in [0, 0.1) is 17.8 Å². The molecule has 2 saturated heterocycles. The lowest BCUT2D eigenvalue weighted by atomic mass is 9.91. The molecule has 2 fully saturated rings. The van der Waals surface area contributed by atoms with Gasteiger partial charge >= 0.3 is 0 Å². The largest absolute Gasteiger partial charge is 0.342 e. The van der Waals surface area contributed by atoms with Crippen molar-refractivity contribution in [3.63, 3.8) is 0 Å². The Balaban J connectivity index is 0.00000144. The molecule has 3 nitrogen and oxygen atoms in total. The molecule has 1 amide bonds. The average Bonchev–Trinajstić information content (AvgIpc) is 2.68. The van der Waals surface area contributed by atoms with Crippen molar-refractivity contribution in [1.29, 1.82) is 0 Å². The molecule has 0 aromatic heterocycles. The molecule has 3 unspecified atom stereocenters. The normalized spacial score (nSPS) is 33.3. The summed E-state index contributed by atoms with van der Waals surface area (Å²) in [7, 11) is 0. The topological polar surface area (TPSA) is 32.3 Å². The van der Waals surface area contributed by atoms with Crippen molar-refractivity contribution in [1.82, 2.24) is 10.2 Å². The van der Waals surface area contributed by atoms with E-state index in [1.165, 1.54) is 12.8 Å². The van der Waals surface area contributed by atoms with Gasteiger partial charge in [0.15, 0.2) is 0 Å². The van der Waals surface area contributed by atoms with E-state index in [1.54, 1.807) is 0 Å². The van der Waals surface area contributed by atoms with E-state index in [0.29, 0.717) is 23.7 Å². The highest BCUT2D eigenvalue weighted by Gasteiger charge is 2.27. The zero-order chi connectivity index (χ0) is 11.5. The van der Waals surface area contributed by atoms with Crippen molar-refractivity contribution in [2.24, 2.45) is 17.8 Å². The third-order valence-electron chi connectivity index (χ3n) is 3.85. The van der Waals surface area contributed by atoms with E-state index >= 15 is 0 Å². The summed E-state index contributed by atoms with van der Waals surface area (Å²) in [6, 6.07) is 0. The summed E-state index contributed by atoms with van der Waals surface area (Å²) < 4.78 is 0. The Hall–Kier alpha value is -0.280. The van der Waals surface area contributed by atoms with Crippen LogP contribution in [0.3, 0.4) is 0 Å². The molecule has 100 valence electrons. The predicted octanol–water partition coefficient (Wildman–Crippen LogP) is 1.91. The number of carbonyl (C=O) groups excluding carboxylic acids is 1. The van der Waals surface area contributed by atoms with Crippen molar-refractivity contribution in [2.75, 3.05) is 26.2 Å². The first-order valence-corrected chi connectivity index (χ1v) is 6.63. The average molecular weight is 261 g/mol.